The predicted octanol–water partition coefficient (Wildman–Crippen LogP) is 0.814. The lowest BCUT2D eigenvalue weighted by Gasteiger charge is -2.25. The molecule has 0 amide bonds. The Morgan fingerprint density at radius 2 is 2.17 bits per heavy atom. The molecule has 1 unspecified atom stereocenters. The van der Waals surface area contributed by atoms with E-state index >= 15 is 0 Å². The van der Waals surface area contributed by atoms with E-state index in [2.05, 4.69) is 15.0 Å². The van der Waals surface area contributed by atoms with Gasteiger partial charge in [0.05, 0.1) is 5.25 Å². The van der Waals surface area contributed by atoms with Crippen molar-refractivity contribution in [1.29, 1.82) is 0 Å². The van der Waals surface area contributed by atoms with Gasteiger partial charge in [-0.05, 0) is 44.5 Å². The van der Waals surface area contributed by atoms with Gasteiger partial charge in [-0.2, -0.15) is 0 Å². The largest absolute Gasteiger partial charge is 0.317 e. The fourth-order valence-electron chi connectivity index (χ4n) is 2.15. The summed E-state index contributed by atoms with van der Waals surface area (Å²) in [4.78, 5) is 4.00. The molecule has 100 valence electrons. The second kappa shape index (κ2) is 5.77. The molecule has 0 radical (unpaired) electrons. The summed E-state index contributed by atoms with van der Waals surface area (Å²) in [5.74, 6) is 0. The van der Waals surface area contributed by atoms with Gasteiger partial charge < -0.3 is 5.32 Å². The normalized spacial score (nSPS) is 19.6. The molecule has 1 aliphatic rings. The summed E-state index contributed by atoms with van der Waals surface area (Å²) in [6.07, 6.45) is 4.72. The van der Waals surface area contributed by atoms with Gasteiger partial charge in [0.2, 0.25) is 10.0 Å². The number of rotatable bonds is 4. The second-order valence-electron chi connectivity index (χ2n) is 4.62. The summed E-state index contributed by atoms with van der Waals surface area (Å²) >= 11 is 0. The van der Waals surface area contributed by atoms with Crippen LogP contribution < -0.4 is 10.0 Å². The van der Waals surface area contributed by atoms with Crippen molar-refractivity contribution in [1.82, 2.24) is 15.0 Å². The van der Waals surface area contributed by atoms with E-state index < -0.39 is 10.0 Å². The van der Waals surface area contributed by atoms with Gasteiger partial charge in [-0.1, -0.05) is 6.07 Å². The molecule has 2 heterocycles. The molecule has 2 N–H and O–H groups in total. The topological polar surface area (TPSA) is 71.1 Å². The third-order valence-corrected chi connectivity index (χ3v) is 5.28. The van der Waals surface area contributed by atoms with Crippen molar-refractivity contribution in [2.75, 3.05) is 13.1 Å². The molecular formula is C12H19N3O2S. The lowest BCUT2D eigenvalue weighted by Crippen LogP contribution is -2.42. The number of sulfonamides is 1. The molecule has 0 bridgehead atoms. The minimum atomic E-state index is -3.25. The number of piperidine rings is 1. The number of hydrogen-bond acceptors (Lipinski definition) is 4. The van der Waals surface area contributed by atoms with E-state index in [9.17, 15) is 8.42 Å². The molecular weight excluding hydrogens is 250 g/mol. The molecule has 18 heavy (non-hydrogen) atoms. The molecule has 1 fully saturated rings. The van der Waals surface area contributed by atoms with Gasteiger partial charge in [0.15, 0.2) is 0 Å². The van der Waals surface area contributed by atoms with E-state index in [4.69, 9.17) is 0 Å². The monoisotopic (exact) mass is 269 g/mol. The zero-order chi connectivity index (χ0) is 13.0. The van der Waals surface area contributed by atoms with Crippen molar-refractivity contribution in [3.8, 4) is 0 Å². The average molecular weight is 269 g/mol. The molecule has 1 aliphatic heterocycles. The minimum absolute atomic E-state index is 0.237. The molecule has 5 nitrogen and oxygen atoms in total. The van der Waals surface area contributed by atoms with Crippen molar-refractivity contribution in [3.63, 3.8) is 0 Å². The maximum atomic E-state index is 12.2. The molecule has 1 atom stereocenters. The zero-order valence-electron chi connectivity index (χ0n) is 10.5. The van der Waals surface area contributed by atoms with Crippen LogP contribution in [0.2, 0.25) is 0 Å². The maximum absolute atomic E-state index is 12.2. The van der Waals surface area contributed by atoms with Crippen LogP contribution in [0.5, 0.6) is 0 Å². The first kappa shape index (κ1) is 13.5. The van der Waals surface area contributed by atoms with Crippen LogP contribution in [0.4, 0.5) is 0 Å². The van der Waals surface area contributed by atoms with E-state index in [1.54, 1.807) is 12.4 Å². The predicted molar refractivity (Wildman–Crippen MR) is 70.6 cm³/mol. The summed E-state index contributed by atoms with van der Waals surface area (Å²) in [6.45, 7) is 3.38. The molecule has 1 saturated heterocycles. The molecule has 6 heteroatoms. The van der Waals surface area contributed by atoms with Crippen molar-refractivity contribution in [2.24, 2.45) is 0 Å². The first-order chi connectivity index (χ1) is 8.59. The Morgan fingerprint density at radius 3 is 2.78 bits per heavy atom. The van der Waals surface area contributed by atoms with Gasteiger partial charge in [0.1, 0.15) is 0 Å². The van der Waals surface area contributed by atoms with Crippen molar-refractivity contribution < 1.29 is 8.42 Å². The molecule has 0 aliphatic carbocycles. The van der Waals surface area contributed by atoms with Gasteiger partial charge in [-0.15, -0.1) is 0 Å². The van der Waals surface area contributed by atoms with Crippen LogP contribution in [0.1, 0.15) is 31.4 Å². The highest BCUT2D eigenvalue weighted by Gasteiger charge is 2.28. The third-order valence-electron chi connectivity index (χ3n) is 3.25. The van der Waals surface area contributed by atoms with E-state index in [0.29, 0.717) is 12.8 Å². The number of nitrogens with zero attached hydrogens (tertiary/aromatic N) is 1. The summed E-state index contributed by atoms with van der Waals surface area (Å²) in [6, 6.07) is 3.45. The summed E-state index contributed by atoms with van der Waals surface area (Å²) < 4.78 is 27.2. The average Bonchev–Trinajstić information content (AvgIpc) is 2.40. The Morgan fingerprint density at radius 1 is 1.44 bits per heavy atom. The van der Waals surface area contributed by atoms with E-state index in [1.807, 2.05) is 19.1 Å². The smallest absolute Gasteiger partial charge is 0.215 e. The molecule has 1 aromatic heterocycles. The molecule has 1 aromatic rings. The minimum Gasteiger partial charge on any atom is -0.317 e. The summed E-state index contributed by atoms with van der Waals surface area (Å²) in [5, 5.41) is 2.89. The quantitative estimate of drug-likeness (QED) is 0.848. The Bertz CT molecular complexity index is 469. The fraction of sp³-hybridized carbons (Fsp3) is 0.583. The number of aromatic nitrogens is 1. The molecule has 0 aromatic carbocycles. The highest BCUT2D eigenvalue weighted by molar-refractivity contribution is 7.90. The van der Waals surface area contributed by atoms with Gasteiger partial charge in [-0.25, -0.2) is 13.1 Å². The summed E-state index contributed by atoms with van der Waals surface area (Å²) in [5.41, 5.74) is 0.884. The van der Waals surface area contributed by atoms with Gasteiger partial charge in [0.25, 0.3) is 0 Å². The Labute approximate surface area is 108 Å². The Kier molecular flexibility index (Phi) is 4.31. The number of pyridine rings is 1. The lowest BCUT2D eigenvalue weighted by atomic mass is 10.2. The molecule has 0 saturated carbocycles. The standard InChI is InChI=1S/C12H19N3O2S/c1-10(11-3-2-6-14-9-11)15-18(16,17)12-4-7-13-8-5-12/h2-3,6,9-10,12-13,15H,4-5,7-8H2,1H3. The highest BCUT2D eigenvalue weighted by atomic mass is 32.2. The lowest BCUT2D eigenvalue weighted by molar-refractivity contribution is 0.484. The summed E-state index contributed by atoms with van der Waals surface area (Å²) in [7, 11) is -3.25. The van der Waals surface area contributed by atoms with Crippen LogP contribution in [0.3, 0.4) is 0 Å². The van der Waals surface area contributed by atoms with Crippen LogP contribution in [0.15, 0.2) is 24.5 Å². The molecule has 0 spiro atoms. The van der Waals surface area contributed by atoms with Crippen molar-refractivity contribution in [3.05, 3.63) is 30.1 Å². The van der Waals surface area contributed by atoms with Crippen LogP contribution in [-0.4, -0.2) is 31.7 Å². The zero-order valence-corrected chi connectivity index (χ0v) is 11.3. The van der Waals surface area contributed by atoms with Crippen molar-refractivity contribution >= 4 is 10.0 Å². The van der Waals surface area contributed by atoms with Gasteiger partial charge in [0, 0.05) is 18.4 Å². The van der Waals surface area contributed by atoms with Crippen molar-refractivity contribution in [2.45, 2.75) is 31.1 Å². The highest BCUT2D eigenvalue weighted by Crippen LogP contribution is 2.17. The maximum Gasteiger partial charge on any atom is 0.215 e. The second-order valence-corrected chi connectivity index (χ2v) is 6.61. The van der Waals surface area contributed by atoms with E-state index in [0.717, 1.165) is 18.7 Å². The molecule has 2 rings (SSSR count). The fourth-order valence-corrected chi connectivity index (χ4v) is 3.83. The van der Waals surface area contributed by atoms with Crippen LogP contribution >= 0.6 is 0 Å². The van der Waals surface area contributed by atoms with Crippen LogP contribution in [-0.2, 0) is 10.0 Å². The number of nitrogens with one attached hydrogen (secondary N) is 2. The first-order valence-electron chi connectivity index (χ1n) is 6.21. The van der Waals surface area contributed by atoms with Crippen LogP contribution in [0.25, 0.3) is 0 Å². The van der Waals surface area contributed by atoms with Crippen LogP contribution in [0, 0.1) is 0 Å². The Hall–Kier alpha value is -0.980. The third kappa shape index (κ3) is 3.28. The van der Waals surface area contributed by atoms with Gasteiger partial charge >= 0.3 is 0 Å². The number of hydrogen-bond donors (Lipinski definition) is 2. The van der Waals surface area contributed by atoms with Gasteiger partial charge in [-0.3, -0.25) is 4.98 Å². The Balaban J connectivity index is 2.03. The SMILES string of the molecule is CC(NS(=O)(=O)C1CCNCC1)c1cccnc1. The van der Waals surface area contributed by atoms with E-state index in [1.165, 1.54) is 0 Å². The first-order valence-corrected chi connectivity index (χ1v) is 7.76. The van der Waals surface area contributed by atoms with E-state index in [-0.39, 0.29) is 11.3 Å².